The molecule has 5 nitrogen and oxygen atoms in total. The van der Waals surface area contributed by atoms with E-state index in [1.54, 1.807) is 24.3 Å². The molecule has 0 fully saturated rings. The first-order valence-corrected chi connectivity index (χ1v) is 8.30. The molecular weight excluding hydrogens is 318 g/mol. The average Bonchev–Trinajstić information content (AvgIpc) is 2.61. The van der Waals surface area contributed by atoms with Gasteiger partial charge >= 0.3 is 5.97 Å². The van der Waals surface area contributed by atoms with Crippen LogP contribution in [0.1, 0.15) is 42.6 Å². The molecule has 1 amide bonds. The fourth-order valence-corrected chi connectivity index (χ4v) is 2.37. The number of rotatable bonds is 7. The standard InChI is InChI=1S/C20H23NO4/c1-4-24-16-11-9-15(10-12-16)20(23)25-13-19(22)21-18-8-6-5-7-17(18)14(2)3/h5-12,14H,4,13H2,1-3H3,(H,21,22). The Morgan fingerprint density at radius 1 is 1.04 bits per heavy atom. The van der Waals surface area contributed by atoms with Crippen molar-refractivity contribution in [1.29, 1.82) is 0 Å². The van der Waals surface area contributed by atoms with E-state index in [9.17, 15) is 9.59 Å². The van der Waals surface area contributed by atoms with E-state index in [0.29, 0.717) is 17.9 Å². The zero-order valence-corrected chi connectivity index (χ0v) is 14.7. The molecule has 0 aromatic heterocycles. The van der Waals surface area contributed by atoms with Crippen LogP contribution in [0.2, 0.25) is 0 Å². The molecule has 0 radical (unpaired) electrons. The lowest BCUT2D eigenvalue weighted by Crippen LogP contribution is -2.21. The maximum Gasteiger partial charge on any atom is 0.338 e. The van der Waals surface area contributed by atoms with Gasteiger partial charge in [0.15, 0.2) is 6.61 Å². The number of benzene rings is 2. The van der Waals surface area contributed by atoms with Crippen LogP contribution in [0.3, 0.4) is 0 Å². The predicted molar refractivity (Wildman–Crippen MR) is 97.1 cm³/mol. The molecule has 0 aliphatic rings. The van der Waals surface area contributed by atoms with Crippen LogP contribution in [0.4, 0.5) is 5.69 Å². The number of nitrogens with one attached hydrogen (secondary N) is 1. The summed E-state index contributed by atoms with van der Waals surface area (Å²) in [5.41, 5.74) is 2.15. The average molecular weight is 341 g/mol. The maximum absolute atomic E-state index is 12.1. The number of esters is 1. The first-order valence-electron chi connectivity index (χ1n) is 8.30. The van der Waals surface area contributed by atoms with Gasteiger partial charge in [0.1, 0.15) is 5.75 Å². The number of ether oxygens (including phenoxy) is 2. The minimum absolute atomic E-state index is 0.280. The van der Waals surface area contributed by atoms with Crippen LogP contribution >= 0.6 is 0 Å². The molecule has 5 heteroatoms. The van der Waals surface area contributed by atoms with E-state index in [1.807, 2.05) is 31.2 Å². The smallest absolute Gasteiger partial charge is 0.338 e. The van der Waals surface area contributed by atoms with Gasteiger partial charge in [-0.05, 0) is 48.7 Å². The Kier molecular flexibility index (Phi) is 6.57. The number of carbonyl (C=O) groups is 2. The summed E-state index contributed by atoms with van der Waals surface area (Å²) in [5.74, 6) is 0.0488. The second kappa shape index (κ2) is 8.87. The second-order valence-electron chi connectivity index (χ2n) is 5.82. The molecule has 0 heterocycles. The van der Waals surface area contributed by atoms with E-state index < -0.39 is 5.97 Å². The zero-order valence-electron chi connectivity index (χ0n) is 14.7. The SMILES string of the molecule is CCOc1ccc(C(=O)OCC(=O)Nc2ccccc2C(C)C)cc1. The lowest BCUT2D eigenvalue weighted by atomic mass is 10.0. The van der Waals surface area contributed by atoms with Crippen LogP contribution in [-0.2, 0) is 9.53 Å². The fraction of sp³-hybridized carbons (Fsp3) is 0.300. The van der Waals surface area contributed by atoms with Crippen molar-refractivity contribution in [2.24, 2.45) is 0 Å². The van der Waals surface area contributed by atoms with Crippen molar-refractivity contribution in [1.82, 2.24) is 0 Å². The third-order valence-electron chi connectivity index (χ3n) is 3.59. The molecule has 1 N–H and O–H groups in total. The minimum atomic E-state index is -0.546. The Balaban J connectivity index is 1.90. The van der Waals surface area contributed by atoms with Crippen molar-refractivity contribution < 1.29 is 19.1 Å². The monoisotopic (exact) mass is 341 g/mol. The van der Waals surface area contributed by atoms with Crippen LogP contribution in [0.15, 0.2) is 48.5 Å². The van der Waals surface area contributed by atoms with E-state index in [2.05, 4.69) is 19.2 Å². The second-order valence-corrected chi connectivity index (χ2v) is 5.82. The van der Waals surface area contributed by atoms with Gasteiger partial charge in [-0.15, -0.1) is 0 Å². The fourth-order valence-electron chi connectivity index (χ4n) is 2.37. The molecule has 0 aliphatic carbocycles. The van der Waals surface area contributed by atoms with Crippen LogP contribution in [-0.4, -0.2) is 25.1 Å². The highest BCUT2D eigenvalue weighted by atomic mass is 16.5. The third-order valence-corrected chi connectivity index (χ3v) is 3.59. The summed E-state index contributed by atoms with van der Waals surface area (Å²) in [6, 6.07) is 14.2. The predicted octanol–water partition coefficient (Wildman–Crippen LogP) is 4.00. The molecule has 132 valence electrons. The Morgan fingerprint density at radius 2 is 1.72 bits per heavy atom. The Hall–Kier alpha value is -2.82. The highest BCUT2D eigenvalue weighted by Gasteiger charge is 2.12. The first kappa shape index (κ1) is 18.5. The molecule has 0 unspecified atom stereocenters. The molecule has 2 aromatic carbocycles. The number of amides is 1. The number of hydrogen-bond donors (Lipinski definition) is 1. The van der Waals surface area contributed by atoms with Gasteiger partial charge in [-0.2, -0.15) is 0 Å². The summed E-state index contributed by atoms with van der Waals surface area (Å²) in [6.45, 7) is 6.21. The van der Waals surface area contributed by atoms with E-state index in [1.165, 1.54) is 0 Å². The molecule has 0 bridgehead atoms. The third kappa shape index (κ3) is 5.35. The van der Waals surface area contributed by atoms with Gasteiger partial charge in [-0.1, -0.05) is 32.0 Å². The molecule has 0 spiro atoms. The normalized spacial score (nSPS) is 10.4. The van der Waals surface area contributed by atoms with Gasteiger partial charge in [0.25, 0.3) is 5.91 Å². The van der Waals surface area contributed by atoms with Crippen molar-refractivity contribution in [3.63, 3.8) is 0 Å². The first-order chi connectivity index (χ1) is 12.0. The molecule has 2 rings (SSSR count). The quantitative estimate of drug-likeness (QED) is 0.773. The van der Waals surface area contributed by atoms with E-state index >= 15 is 0 Å². The Morgan fingerprint density at radius 3 is 2.36 bits per heavy atom. The summed E-state index contributed by atoms with van der Waals surface area (Å²) in [4.78, 5) is 24.1. The summed E-state index contributed by atoms with van der Waals surface area (Å²) < 4.78 is 10.4. The van der Waals surface area contributed by atoms with E-state index in [-0.39, 0.29) is 18.4 Å². The molecule has 2 aromatic rings. The highest BCUT2D eigenvalue weighted by molar-refractivity contribution is 5.96. The molecular formula is C20H23NO4. The zero-order chi connectivity index (χ0) is 18.2. The Labute approximate surface area is 148 Å². The summed E-state index contributed by atoms with van der Waals surface area (Å²) >= 11 is 0. The van der Waals surface area contributed by atoms with Crippen LogP contribution < -0.4 is 10.1 Å². The molecule has 0 atom stereocenters. The van der Waals surface area contributed by atoms with E-state index in [0.717, 1.165) is 11.3 Å². The lowest BCUT2D eigenvalue weighted by Gasteiger charge is -2.13. The van der Waals surface area contributed by atoms with Gasteiger partial charge < -0.3 is 14.8 Å². The molecule has 0 aliphatic heterocycles. The number of para-hydroxylation sites is 1. The van der Waals surface area contributed by atoms with Crippen molar-refractivity contribution >= 4 is 17.6 Å². The number of carbonyl (C=O) groups excluding carboxylic acids is 2. The van der Waals surface area contributed by atoms with Crippen molar-refractivity contribution in [3.05, 3.63) is 59.7 Å². The van der Waals surface area contributed by atoms with Crippen molar-refractivity contribution in [2.45, 2.75) is 26.7 Å². The number of anilines is 1. The summed E-state index contributed by atoms with van der Waals surface area (Å²) in [7, 11) is 0. The maximum atomic E-state index is 12.1. The summed E-state index contributed by atoms with van der Waals surface area (Å²) in [5, 5.41) is 2.79. The van der Waals surface area contributed by atoms with Crippen molar-refractivity contribution in [2.75, 3.05) is 18.5 Å². The van der Waals surface area contributed by atoms with Gasteiger partial charge in [-0.3, -0.25) is 4.79 Å². The lowest BCUT2D eigenvalue weighted by molar-refractivity contribution is -0.119. The topological polar surface area (TPSA) is 64.6 Å². The molecule has 0 saturated carbocycles. The van der Waals surface area contributed by atoms with Crippen LogP contribution in [0.25, 0.3) is 0 Å². The minimum Gasteiger partial charge on any atom is -0.494 e. The van der Waals surface area contributed by atoms with Gasteiger partial charge in [0, 0.05) is 5.69 Å². The van der Waals surface area contributed by atoms with Gasteiger partial charge in [-0.25, -0.2) is 4.79 Å². The largest absolute Gasteiger partial charge is 0.494 e. The van der Waals surface area contributed by atoms with Crippen LogP contribution in [0, 0.1) is 0 Å². The van der Waals surface area contributed by atoms with Gasteiger partial charge in [0.05, 0.1) is 12.2 Å². The molecule has 0 saturated heterocycles. The van der Waals surface area contributed by atoms with Gasteiger partial charge in [0.2, 0.25) is 0 Å². The summed E-state index contributed by atoms with van der Waals surface area (Å²) in [6.07, 6.45) is 0. The Bertz CT molecular complexity index is 723. The number of hydrogen-bond acceptors (Lipinski definition) is 4. The highest BCUT2D eigenvalue weighted by Crippen LogP contribution is 2.23. The molecule has 25 heavy (non-hydrogen) atoms. The van der Waals surface area contributed by atoms with Crippen molar-refractivity contribution in [3.8, 4) is 5.75 Å². The van der Waals surface area contributed by atoms with Crippen LogP contribution in [0.5, 0.6) is 5.75 Å². The van der Waals surface area contributed by atoms with E-state index in [4.69, 9.17) is 9.47 Å².